The van der Waals surface area contributed by atoms with Crippen molar-refractivity contribution in [3.63, 3.8) is 0 Å². The second-order valence-electron chi connectivity index (χ2n) is 11.3. The number of thiophene rings is 1. The van der Waals surface area contributed by atoms with E-state index in [4.69, 9.17) is 14.2 Å². The summed E-state index contributed by atoms with van der Waals surface area (Å²) in [5.74, 6) is 1.49. The summed E-state index contributed by atoms with van der Waals surface area (Å²) in [5.41, 5.74) is 0. The van der Waals surface area contributed by atoms with Crippen LogP contribution in [0, 0.1) is 0 Å². The van der Waals surface area contributed by atoms with E-state index < -0.39 is 15.4 Å². The molecule has 1 aliphatic heterocycles. The lowest BCUT2D eigenvalue weighted by Crippen LogP contribution is -2.33. The van der Waals surface area contributed by atoms with E-state index in [1.165, 1.54) is 101 Å². The monoisotopic (exact) mass is 619 g/mol. The molecule has 0 aromatic carbocycles. The largest absolute Gasteiger partial charge is 0.485 e. The maximum atomic E-state index is 11.5. The van der Waals surface area contributed by atoms with Crippen LogP contribution in [-0.2, 0) is 14.9 Å². The van der Waals surface area contributed by atoms with Gasteiger partial charge in [-0.2, -0.15) is 8.42 Å². The predicted molar refractivity (Wildman–Crippen MR) is 173 cm³/mol. The second-order valence-corrected chi connectivity index (χ2v) is 13.7. The average molecular weight is 620 g/mol. The van der Waals surface area contributed by atoms with Gasteiger partial charge in [0.2, 0.25) is 0 Å². The van der Waals surface area contributed by atoms with Crippen LogP contribution in [0.3, 0.4) is 0 Å². The van der Waals surface area contributed by atoms with Crippen LogP contribution in [0.25, 0.3) is 0 Å². The Kier molecular flexibility index (Phi) is 23.8. The zero-order chi connectivity index (χ0) is 30.0. The van der Waals surface area contributed by atoms with Crippen LogP contribution in [0.15, 0.2) is 10.8 Å². The molecule has 242 valence electrons. The van der Waals surface area contributed by atoms with Gasteiger partial charge in [0, 0.05) is 17.4 Å². The third-order valence-corrected chi connectivity index (χ3v) is 9.43. The summed E-state index contributed by atoms with van der Waals surface area (Å²) in [6.07, 6.45) is 21.4. The van der Waals surface area contributed by atoms with E-state index in [2.05, 4.69) is 26.1 Å². The van der Waals surface area contributed by atoms with E-state index in [1.54, 1.807) is 0 Å². The van der Waals surface area contributed by atoms with E-state index >= 15 is 0 Å². The van der Waals surface area contributed by atoms with Gasteiger partial charge in [-0.15, -0.1) is 11.3 Å². The first-order chi connectivity index (χ1) is 19.9. The molecule has 9 heteroatoms. The molecule has 41 heavy (non-hydrogen) atoms. The van der Waals surface area contributed by atoms with Gasteiger partial charge in [-0.25, -0.2) is 0 Å². The lowest BCUT2D eigenvalue weighted by molar-refractivity contribution is 0.00849. The number of hydrogen-bond donors (Lipinski definition) is 2. The highest BCUT2D eigenvalue weighted by Gasteiger charge is 2.24. The minimum absolute atomic E-state index is 0.194. The van der Waals surface area contributed by atoms with E-state index in [-0.39, 0.29) is 12.7 Å². The Balaban J connectivity index is 0.000000438. The van der Waals surface area contributed by atoms with Crippen LogP contribution >= 0.6 is 11.3 Å². The molecular formula is C32H61NO6S2. The number of ether oxygens (including phenoxy) is 3. The van der Waals surface area contributed by atoms with Crippen LogP contribution in [-0.4, -0.2) is 57.2 Å². The molecular weight excluding hydrogens is 558 g/mol. The Morgan fingerprint density at radius 3 is 1.95 bits per heavy atom. The molecule has 0 radical (unpaired) electrons. The molecule has 2 heterocycles. The number of nitrogens with one attached hydrogen (secondary N) is 1. The van der Waals surface area contributed by atoms with Crippen molar-refractivity contribution < 1.29 is 27.2 Å². The molecule has 0 aliphatic carbocycles. The van der Waals surface area contributed by atoms with Crippen molar-refractivity contribution in [1.29, 1.82) is 0 Å². The lowest BCUT2D eigenvalue weighted by Gasteiger charge is -2.24. The summed E-state index contributed by atoms with van der Waals surface area (Å²) in [4.78, 5) is 0. The van der Waals surface area contributed by atoms with Gasteiger partial charge in [0.05, 0.1) is 11.9 Å². The van der Waals surface area contributed by atoms with Crippen LogP contribution in [0.5, 0.6) is 11.5 Å². The minimum Gasteiger partial charge on any atom is -0.485 e. The first-order valence-electron chi connectivity index (χ1n) is 16.5. The Labute approximate surface area is 256 Å². The van der Waals surface area contributed by atoms with E-state index in [1.807, 2.05) is 10.8 Å². The van der Waals surface area contributed by atoms with Gasteiger partial charge in [0.25, 0.3) is 10.1 Å². The molecule has 2 atom stereocenters. The van der Waals surface area contributed by atoms with Gasteiger partial charge in [0.15, 0.2) is 17.6 Å². The second kappa shape index (κ2) is 25.6. The summed E-state index contributed by atoms with van der Waals surface area (Å²) >= 11 is 1.52. The van der Waals surface area contributed by atoms with Crippen molar-refractivity contribution in [2.24, 2.45) is 0 Å². The molecule has 1 aromatic heterocycles. The van der Waals surface area contributed by atoms with Gasteiger partial charge in [-0.1, -0.05) is 111 Å². The quantitative estimate of drug-likeness (QED) is 0.0834. The maximum Gasteiger partial charge on any atom is 0.267 e. The highest BCUT2D eigenvalue weighted by molar-refractivity contribution is 7.86. The van der Waals surface area contributed by atoms with Crippen LogP contribution in [0.2, 0.25) is 0 Å². The standard InChI is InChI=1S/C16H35N.C16H26O6S2/c1-3-5-7-9-11-13-15-17-16-14-12-10-8-6-4-2;1-2-3-4-5-6-14(24(17,18)19)7-8-20-9-13-10-21-15-11-23-12-16(15)22-13/h17H,3-16H2,1-2H3;11-14H,2-10H2,1H3,(H,17,18,19). The van der Waals surface area contributed by atoms with E-state index in [0.29, 0.717) is 26.1 Å². The third-order valence-electron chi connectivity index (χ3n) is 7.41. The highest BCUT2D eigenvalue weighted by atomic mass is 32.2. The van der Waals surface area contributed by atoms with Gasteiger partial charge in [-0.05, 0) is 38.8 Å². The SMILES string of the molecule is CCCCCCC(CCOCC1COc2cscc2O1)S(=O)(=O)O.CCCCCCCCNCCCCCCCC. The third kappa shape index (κ3) is 20.6. The van der Waals surface area contributed by atoms with Gasteiger partial charge >= 0.3 is 0 Å². The first kappa shape index (κ1) is 38.2. The predicted octanol–water partition coefficient (Wildman–Crippen LogP) is 8.82. The summed E-state index contributed by atoms with van der Waals surface area (Å²) < 4.78 is 49.1. The lowest BCUT2D eigenvalue weighted by atomic mass is 10.1. The molecule has 0 saturated carbocycles. The van der Waals surface area contributed by atoms with Crippen molar-refractivity contribution in [2.75, 3.05) is 32.9 Å². The molecule has 7 nitrogen and oxygen atoms in total. The smallest absolute Gasteiger partial charge is 0.267 e. The molecule has 0 fully saturated rings. The van der Waals surface area contributed by atoms with Crippen molar-refractivity contribution >= 4 is 21.5 Å². The minimum atomic E-state index is -4.02. The van der Waals surface area contributed by atoms with Gasteiger partial charge in [0.1, 0.15) is 6.61 Å². The average Bonchev–Trinajstić information content (AvgIpc) is 3.42. The van der Waals surface area contributed by atoms with Crippen molar-refractivity contribution in [1.82, 2.24) is 5.32 Å². The fourth-order valence-electron chi connectivity index (χ4n) is 4.80. The topological polar surface area (TPSA) is 94.1 Å². The molecule has 0 amide bonds. The Morgan fingerprint density at radius 2 is 1.37 bits per heavy atom. The normalized spacial score (nSPS) is 15.4. The summed E-state index contributed by atoms with van der Waals surface area (Å²) in [6, 6.07) is 0. The molecule has 1 aliphatic rings. The molecule has 0 saturated heterocycles. The summed E-state index contributed by atoms with van der Waals surface area (Å²) in [5, 5.41) is 6.59. The number of hydrogen-bond acceptors (Lipinski definition) is 7. The summed E-state index contributed by atoms with van der Waals surface area (Å²) in [7, 11) is -4.02. The van der Waals surface area contributed by atoms with E-state index in [9.17, 15) is 13.0 Å². The van der Waals surface area contributed by atoms with Crippen molar-refractivity contribution in [3.05, 3.63) is 10.8 Å². The molecule has 2 N–H and O–H groups in total. The number of fused-ring (bicyclic) bond motifs is 1. The summed E-state index contributed by atoms with van der Waals surface area (Å²) in [6.45, 7) is 10.2. The number of unbranched alkanes of at least 4 members (excludes halogenated alkanes) is 13. The molecule has 2 rings (SSSR count). The zero-order valence-corrected chi connectivity index (χ0v) is 28.0. The van der Waals surface area contributed by atoms with Gasteiger partial charge < -0.3 is 19.5 Å². The Morgan fingerprint density at radius 1 is 0.829 bits per heavy atom. The molecule has 0 bridgehead atoms. The van der Waals surface area contributed by atoms with Crippen LogP contribution in [0.4, 0.5) is 0 Å². The maximum absolute atomic E-state index is 11.5. The van der Waals surface area contributed by atoms with Gasteiger partial charge in [-0.3, -0.25) is 4.55 Å². The van der Waals surface area contributed by atoms with E-state index in [0.717, 1.165) is 37.2 Å². The number of rotatable bonds is 25. The zero-order valence-electron chi connectivity index (χ0n) is 26.4. The first-order valence-corrected chi connectivity index (χ1v) is 19.0. The van der Waals surface area contributed by atoms with Crippen LogP contribution in [0.1, 0.15) is 136 Å². The van der Waals surface area contributed by atoms with Crippen molar-refractivity contribution in [2.45, 2.75) is 148 Å². The highest BCUT2D eigenvalue weighted by Crippen LogP contribution is 2.35. The Bertz CT molecular complexity index is 803. The Hall–Kier alpha value is -0.870. The fourth-order valence-corrected chi connectivity index (χ4v) is 6.33. The molecule has 0 spiro atoms. The molecule has 1 aromatic rings. The van der Waals surface area contributed by atoms with Crippen molar-refractivity contribution in [3.8, 4) is 11.5 Å². The van der Waals surface area contributed by atoms with Crippen LogP contribution < -0.4 is 14.8 Å². The molecule has 2 unspecified atom stereocenters. The fraction of sp³-hybridized carbons (Fsp3) is 0.875.